The summed E-state index contributed by atoms with van der Waals surface area (Å²) in [7, 11) is 2.01. The molecular weight excluding hydrogens is 360 g/mol. The van der Waals surface area contributed by atoms with Crippen molar-refractivity contribution < 1.29 is 9.90 Å². The molecule has 4 nitrogen and oxygen atoms in total. The molecule has 1 aliphatic carbocycles. The highest BCUT2D eigenvalue weighted by molar-refractivity contribution is 5.87. The lowest BCUT2D eigenvalue weighted by atomic mass is 9.91. The highest BCUT2D eigenvalue weighted by Crippen LogP contribution is 2.37. The van der Waals surface area contributed by atoms with Gasteiger partial charge in [-0.3, -0.25) is 9.69 Å². The molecule has 0 fully saturated rings. The molecule has 0 aromatic heterocycles. The van der Waals surface area contributed by atoms with Crippen LogP contribution >= 0.6 is 0 Å². The third-order valence-electron chi connectivity index (χ3n) is 6.48. The Morgan fingerprint density at radius 2 is 1.90 bits per heavy atom. The van der Waals surface area contributed by atoms with E-state index in [0.717, 1.165) is 25.0 Å². The van der Waals surface area contributed by atoms with Gasteiger partial charge in [-0.15, -0.1) is 0 Å². The van der Waals surface area contributed by atoms with Gasteiger partial charge in [-0.05, 0) is 54.5 Å². The number of nitrogens with one attached hydrogen (secondary N) is 1. The Morgan fingerprint density at radius 1 is 1.17 bits per heavy atom. The summed E-state index contributed by atoms with van der Waals surface area (Å²) in [4.78, 5) is 14.9. The minimum atomic E-state index is -0.931. The van der Waals surface area contributed by atoms with Gasteiger partial charge in [0.25, 0.3) is 0 Å². The first-order valence-electron chi connectivity index (χ1n) is 11.5. The van der Waals surface area contributed by atoms with Gasteiger partial charge in [0.2, 0.25) is 5.91 Å². The fourth-order valence-electron chi connectivity index (χ4n) is 5.03. The number of allylic oxidation sites excluding steroid dienone is 1. The molecule has 0 saturated heterocycles. The van der Waals surface area contributed by atoms with Crippen LogP contribution in [0.25, 0.3) is 5.57 Å². The van der Waals surface area contributed by atoms with Crippen molar-refractivity contribution >= 4 is 11.5 Å². The number of nitrogens with zero attached hydrogens (tertiary/aromatic N) is 1. The quantitative estimate of drug-likeness (QED) is 0.637. The molecule has 2 N–H and O–H groups in total. The molecule has 0 spiro atoms. The van der Waals surface area contributed by atoms with E-state index in [1.165, 1.54) is 60.8 Å². The van der Waals surface area contributed by atoms with Crippen LogP contribution in [0.4, 0.5) is 0 Å². The first-order valence-corrected chi connectivity index (χ1v) is 11.5. The van der Waals surface area contributed by atoms with Crippen LogP contribution in [-0.2, 0) is 24.2 Å². The van der Waals surface area contributed by atoms with E-state index in [0.29, 0.717) is 0 Å². The fourth-order valence-corrected chi connectivity index (χ4v) is 5.03. The molecule has 4 heteroatoms. The van der Waals surface area contributed by atoms with Crippen molar-refractivity contribution in [1.29, 1.82) is 0 Å². The second kappa shape index (κ2) is 9.90. The Morgan fingerprint density at radius 3 is 2.62 bits per heavy atom. The second-order valence-electron chi connectivity index (χ2n) is 9.13. The van der Waals surface area contributed by atoms with E-state index < -0.39 is 6.23 Å². The number of carbonyl (C=O) groups is 1. The number of likely N-dealkylation sites (N-methyl/N-ethyl adjacent to an activating group) is 1. The number of aryl methyl sites for hydroxylation is 1. The molecule has 1 aromatic rings. The Labute approximate surface area is 176 Å². The Balaban J connectivity index is 1.82. The number of carbonyl (C=O) groups excluding carboxylic acids is 1. The van der Waals surface area contributed by atoms with Crippen LogP contribution in [0.5, 0.6) is 0 Å². The lowest BCUT2D eigenvalue weighted by Gasteiger charge is -2.30. The summed E-state index contributed by atoms with van der Waals surface area (Å²) in [5.41, 5.74) is 6.05. The standard InChI is InChI=1S/C25H38N2O2/c1-5-6-7-8-9-10-11-18-12-13-19-16-27(4)23(17(2)3)25(29)26-24(28)21-15-14-20(18)22(19)21/h12-13,15,17,23-24,28H,5-11,14,16H2,1-4H3,(H,26,29). The molecule has 0 saturated carbocycles. The van der Waals surface area contributed by atoms with Crippen LogP contribution in [0, 0.1) is 5.92 Å². The van der Waals surface area contributed by atoms with Crippen molar-refractivity contribution in [3.05, 3.63) is 40.5 Å². The van der Waals surface area contributed by atoms with E-state index in [2.05, 4.69) is 49.2 Å². The van der Waals surface area contributed by atoms with Crippen molar-refractivity contribution in [3.8, 4) is 0 Å². The Kier molecular flexibility index (Phi) is 7.53. The number of hydrogen-bond donors (Lipinski definition) is 2. The number of rotatable bonds is 8. The topological polar surface area (TPSA) is 52.6 Å². The third-order valence-corrected chi connectivity index (χ3v) is 6.48. The average Bonchev–Trinajstić information content (AvgIpc) is 3.11. The van der Waals surface area contributed by atoms with Crippen LogP contribution in [0.2, 0.25) is 0 Å². The smallest absolute Gasteiger partial charge is 0.239 e. The number of aliphatic hydroxyl groups is 1. The molecule has 160 valence electrons. The Bertz CT molecular complexity index is 753. The van der Waals surface area contributed by atoms with Crippen LogP contribution in [0.3, 0.4) is 0 Å². The number of hydrogen-bond acceptors (Lipinski definition) is 3. The molecule has 2 unspecified atom stereocenters. The monoisotopic (exact) mass is 398 g/mol. The maximum Gasteiger partial charge on any atom is 0.239 e. The van der Waals surface area contributed by atoms with E-state index in [1.54, 1.807) is 0 Å². The maximum atomic E-state index is 12.8. The van der Waals surface area contributed by atoms with Crippen molar-refractivity contribution in [1.82, 2.24) is 10.2 Å². The van der Waals surface area contributed by atoms with Crippen LogP contribution in [0.15, 0.2) is 18.2 Å². The zero-order valence-corrected chi connectivity index (χ0v) is 18.6. The summed E-state index contributed by atoms with van der Waals surface area (Å²) in [6.07, 6.45) is 10.9. The fraction of sp³-hybridized carbons (Fsp3) is 0.640. The molecule has 0 bridgehead atoms. The molecule has 1 amide bonds. The molecular formula is C25H38N2O2. The van der Waals surface area contributed by atoms with Crippen LogP contribution in [-0.4, -0.2) is 35.2 Å². The normalized spacial score (nSPS) is 22.0. The van der Waals surface area contributed by atoms with E-state index in [-0.39, 0.29) is 17.9 Å². The van der Waals surface area contributed by atoms with E-state index in [9.17, 15) is 9.90 Å². The van der Waals surface area contributed by atoms with Gasteiger partial charge in [0.05, 0.1) is 6.04 Å². The zero-order chi connectivity index (χ0) is 21.0. The molecule has 3 rings (SSSR count). The first-order chi connectivity index (χ1) is 13.9. The van der Waals surface area contributed by atoms with Gasteiger partial charge in [0.15, 0.2) is 6.23 Å². The van der Waals surface area contributed by atoms with Gasteiger partial charge in [-0.2, -0.15) is 0 Å². The summed E-state index contributed by atoms with van der Waals surface area (Å²) in [5.74, 6) is 0.0834. The summed E-state index contributed by atoms with van der Waals surface area (Å²) in [6, 6.07) is 4.26. The van der Waals surface area contributed by atoms with Gasteiger partial charge >= 0.3 is 0 Å². The number of benzene rings is 1. The van der Waals surface area contributed by atoms with Gasteiger partial charge < -0.3 is 10.4 Å². The molecule has 2 aliphatic rings. The van der Waals surface area contributed by atoms with Crippen LogP contribution in [0.1, 0.15) is 81.5 Å². The summed E-state index contributed by atoms with van der Waals surface area (Å²) < 4.78 is 0. The molecule has 1 aliphatic heterocycles. The SMILES string of the molecule is CCCCCCCCc1ccc2c3c1CC=C3C(O)NC(=O)C(C(C)C)N(C)C2. The van der Waals surface area contributed by atoms with E-state index in [4.69, 9.17) is 0 Å². The third kappa shape index (κ3) is 4.92. The predicted molar refractivity (Wildman–Crippen MR) is 119 cm³/mol. The number of unbranched alkanes of at least 4 members (excludes halogenated alkanes) is 5. The molecule has 2 atom stereocenters. The highest BCUT2D eigenvalue weighted by atomic mass is 16.3. The van der Waals surface area contributed by atoms with Crippen molar-refractivity contribution in [2.24, 2.45) is 5.92 Å². The van der Waals surface area contributed by atoms with Gasteiger partial charge in [-0.1, -0.05) is 71.1 Å². The summed E-state index contributed by atoms with van der Waals surface area (Å²) in [6.45, 7) is 7.09. The predicted octanol–water partition coefficient (Wildman–Crippen LogP) is 4.43. The van der Waals surface area contributed by atoms with Crippen molar-refractivity contribution in [2.75, 3.05) is 7.05 Å². The lowest BCUT2D eigenvalue weighted by molar-refractivity contribution is -0.129. The van der Waals surface area contributed by atoms with Crippen molar-refractivity contribution in [2.45, 2.75) is 91.0 Å². The first kappa shape index (κ1) is 22.0. The highest BCUT2D eigenvalue weighted by Gasteiger charge is 2.34. The van der Waals surface area contributed by atoms with Gasteiger partial charge in [0.1, 0.15) is 0 Å². The number of aliphatic hydroxyl groups excluding tert-OH is 1. The van der Waals surface area contributed by atoms with Gasteiger partial charge in [-0.25, -0.2) is 0 Å². The lowest BCUT2D eigenvalue weighted by Crippen LogP contribution is -2.50. The largest absolute Gasteiger partial charge is 0.369 e. The second-order valence-corrected chi connectivity index (χ2v) is 9.13. The van der Waals surface area contributed by atoms with E-state index in [1.807, 2.05) is 7.05 Å². The van der Waals surface area contributed by atoms with Crippen molar-refractivity contribution in [3.63, 3.8) is 0 Å². The molecule has 1 aromatic carbocycles. The van der Waals surface area contributed by atoms with Crippen LogP contribution < -0.4 is 5.32 Å². The summed E-state index contributed by atoms with van der Waals surface area (Å²) >= 11 is 0. The maximum absolute atomic E-state index is 12.8. The zero-order valence-electron chi connectivity index (χ0n) is 18.6. The minimum Gasteiger partial charge on any atom is -0.369 e. The van der Waals surface area contributed by atoms with Gasteiger partial charge in [0, 0.05) is 12.1 Å². The Hall–Kier alpha value is -1.65. The van der Waals surface area contributed by atoms with E-state index >= 15 is 0 Å². The number of amides is 1. The minimum absolute atomic E-state index is 0.0931. The summed E-state index contributed by atoms with van der Waals surface area (Å²) in [5, 5.41) is 13.7. The molecule has 29 heavy (non-hydrogen) atoms. The average molecular weight is 399 g/mol. The molecule has 1 heterocycles. The molecule has 0 radical (unpaired) electrons.